The molecule has 1 N–H and O–H groups in total. The first-order valence-electron chi connectivity index (χ1n) is 5.39. The lowest BCUT2D eigenvalue weighted by atomic mass is 9.89. The fraction of sp³-hybridized carbons (Fsp3) is 0.636. The van der Waals surface area contributed by atoms with Crippen LogP contribution in [-0.2, 0) is 0 Å². The fourth-order valence-corrected chi connectivity index (χ4v) is 2.51. The van der Waals surface area contributed by atoms with Gasteiger partial charge in [0.15, 0.2) is 0 Å². The van der Waals surface area contributed by atoms with Gasteiger partial charge in [0.1, 0.15) is 12.1 Å². The largest absolute Gasteiger partial charge is 0.368 e. The van der Waals surface area contributed by atoms with Crippen LogP contribution in [0.5, 0.6) is 0 Å². The van der Waals surface area contributed by atoms with Crippen molar-refractivity contribution in [2.24, 2.45) is 5.41 Å². The monoisotopic (exact) mass is 269 g/mol. The number of hydrogen-bond donors (Lipinski definition) is 1. The predicted octanol–water partition coefficient (Wildman–Crippen LogP) is 3.23. The Morgan fingerprint density at radius 3 is 2.87 bits per heavy atom. The zero-order valence-electron chi connectivity index (χ0n) is 8.96. The quantitative estimate of drug-likeness (QED) is 0.916. The highest BCUT2D eigenvalue weighted by Gasteiger charge is 2.28. The molecule has 1 aromatic rings. The van der Waals surface area contributed by atoms with Gasteiger partial charge in [-0.1, -0.05) is 19.8 Å². The first-order chi connectivity index (χ1) is 7.20. The summed E-state index contributed by atoms with van der Waals surface area (Å²) in [6.45, 7) is 3.35. The lowest BCUT2D eigenvalue weighted by Crippen LogP contribution is -2.23. The van der Waals surface area contributed by atoms with Gasteiger partial charge in [-0.3, -0.25) is 0 Å². The third-order valence-electron chi connectivity index (χ3n) is 3.16. The molecule has 1 fully saturated rings. The summed E-state index contributed by atoms with van der Waals surface area (Å²) in [5, 5.41) is 3.40. The van der Waals surface area contributed by atoms with Crippen LogP contribution in [-0.4, -0.2) is 16.5 Å². The van der Waals surface area contributed by atoms with Crippen molar-refractivity contribution in [3.05, 3.63) is 17.0 Å². The highest BCUT2D eigenvalue weighted by Crippen LogP contribution is 2.37. The number of nitrogens with zero attached hydrogens (tertiary/aromatic N) is 2. The van der Waals surface area contributed by atoms with Crippen molar-refractivity contribution in [3.8, 4) is 0 Å². The third-order valence-corrected chi connectivity index (χ3v) is 3.74. The van der Waals surface area contributed by atoms with Crippen molar-refractivity contribution < 1.29 is 0 Å². The van der Waals surface area contributed by atoms with Crippen molar-refractivity contribution in [1.82, 2.24) is 9.97 Å². The van der Waals surface area contributed by atoms with Crippen LogP contribution in [0.15, 0.2) is 17.0 Å². The molecule has 1 aliphatic carbocycles. The number of hydrogen-bond acceptors (Lipinski definition) is 3. The number of rotatable bonds is 3. The van der Waals surface area contributed by atoms with Gasteiger partial charge in [0.25, 0.3) is 0 Å². The number of halogens is 1. The smallest absolute Gasteiger partial charge is 0.143 e. The average Bonchev–Trinajstić information content (AvgIpc) is 2.65. The van der Waals surface area contributed by atoms with E-state index in [4.69, 9.17) is 0 Å². The van der Waals surface area contributed by atoms with Gasteiger partial charge in [0, 0.05) is 12.7 Å². The molecule has 1 heterocycles. The summed E-state index contributed by atoms with van der Waals surface area (Å²) in [4.78, 5) is 8.15. The molecule has 0 saturated heterocycles. The maximum Gasteiger partial charge on any atom is 0.143 e. The van der Waals surface area contributed by atoms with Crippen molar-refractivity contribution in [1.29, 1.82) is 0 Å². The molecular formula is C11H16BrN3. The summed E-state index contributed by atoms with van der Waals surface area (Å²) < 4.78 is 0.937. The zero-order valence-corrected chi connectivity index (χ0v) is 10.5. The molecule has 0 radical (unpaired) electrons. The van der Waals surface area contributed by atoms with Crippen molar-refractivity contribution in [2.45, 2.75) is 32.6 Å². The summed E-state index contributed by atoms with van der Waals surface area (Å²) in [6.07, 6.45) is 8.72. The molecule has 0 aromatic carbocycles. The van der Waals surface area contributed by atoms with E-state index in [0.717, 1.165) is 16.8 Å². The Hall–Kier alpha value is -0.640. The minimum Gasteiger partial charge on any atom is -0.368 e. The van der Waals surface area contributed by atoms with Crippen molar-refractivity contribution in [2.75, 3.05) is 11.9 Å². The van der Waals surface area contributed by atoms with Crippen molar-refractivity contribution >= 4 is 21.7 Å². The maximum atomic E-state index is 4.20. The van der Waals surface area contributed by atoms with E-state index < -0.39 is 0 Å². The van der Waals surface area contributed by atoms with Crippen LogP contribution in [0.2, 0.25) is 0 Å². The SMILES string of the molecule is CC1(CNc2ncncc2Br)CCCC1. The Balaban J connectivity index is 1.95. The summed E-state index contributed by atoms with van der Waals surface area (Å²) >= 11 is 3.44. The molecule has 0 spiro atoms. The maximum absolute atomic E-state index is 4.20. The van der Waals surface area contributed by atoms with Crippen LogP contribution in [0.3, 0.4) is 0 Å². The average molecular weight is 270 g/mol. The topological polar surface area (TPSA) is 37.8 Å². The summed E-state index contributed by atoms with van der Waals surface area (Å²) in [6, 6.07) is 0. The molecule has 0 unspecified atom stereocenters. The predicted molar refractivity (Wildman–Crippen MR) is 64.8 cm³/mol. The second-order valence-electron chi connectivity index (χ2n) is 4.59. The van der Waals surface area contributed by atoms with E-state index in [1.165, 1.54) is 25.7 Å². The first kappa shape index (κ1) is 10.9. The summed E-state index contributed by atoms with van der Waals surface area (Å²) in [7, 11) is 0. The molecule has 1 aliphatic rings. The van der Waals surface area contributed by atoms with Crippen LogP contribution < -0.4 is 5.32 Å². The van der Waals surface area contributed by atoms with E-state index in [0.29, 0.717) is 5.41 Å². The van der Waals surface area contributed by atoms with Gasteiger partial charge in [0.2, 0.25) is 0 Å². The van der Waals surface area contributed by atoms with E-state index in [9.17, 15) is 0 Å². The van der Waals surface area contributed by atoms with Gasteiger partial charge in [-0.05, 0) is 34.2 Å². The van der Waals surface area contributed by atoms with E-state index in [-0.39, 0.29) is 0 Å². The van der Waals surface area contributed by atoms with Gasteiger partial charge in [-0.15, -0.1) is 0 Å². The number of nitrogens with one attached hydrogen (secondary N) is 1. The minimum atomic E-state index is 0.449. The Morgan fingerprint density at radius 2 is 2.20 bits per heavy atom. The molecular weight excluding hydrogens is 254 g/mol. The van der Waals surface area contributed by atoms with Crippen LogP contribution >= 0.6 is 15.9 Å². The van der Waals surface area contributed by atoms with Crippen LogP contribution in [0, 0.1) is 5.41 Å². The third kappa shape index (κ3) is 2.68. The summed E-state index contributed by atoms with van der Waals surface area (Å²) in [5.41, 5.74) is 0.449. The molecule has 0 amide bonds. The number of aromatic nitrogens is 2. The molecule has 2 rings (SSSR count). The molecule has 1 aromatic heterocycles. The van der Waals surface area contributed by atoms with E-state index in [1.807, 2.05) is 0 Å². The van der Waals surface area contributed by atoms with Crippen LogP contribution in [0.4, 0.5) is 5.82 Å². The van der Waals surface area contributed by atoms with E-state index in [1.54, 1.807) is 12.5 Å². The van der Waals surface area contributed by atoms with Gasteiger partial charge >= 0.3 is 0 Å². The molecule has 0 bridgehead atoms. The van der Waals surface area contributed by atoms with E-state index >= 15 is 0 Å². The lowest BCUT2D eigenvalue weighted by molar-refractivity contribution is 0.361. The van der Waals surface area contributed by atoms with Gasteiger partial charge in [-0.2, -0.15) is 0 Å². The molecule has 1 saturated carbocycles. The second-order valence-corrected chi connectivity index (χ2v) is 5.44. The van der Waals surface area contributed by atoms with E-state index in [2.05, 4.69) is 38.1 Å². The van der Waals surface area contributed by atoms with Gasteiger partial charge < -0.3 is 5.32 Å². The standard InChI is InChI=1S/C11H16BrN3/c1-11(4-2-3-5-11)7-14-10-9(12)6-13-8-15-10/h6,8H,2-5,7H2,1H3,(H,13,14,15). The summed E-state index contributed by atoms with van der Waals surface area (Å²) in [5.74, 6) is 0.901. The minimum absolute atomic E-state index is 0.449. The molecule has 0 aliphatic heterocycles. The Labute approximate surface area is 98.8 Å². The molecule has 15 heavy (non-hydrogen) atoms. The van der Waals surface area contributed by atoms with Crippen LogP contribution in [0.1, 0.15) is 32.6 Å². The van der Waals surface area contributed by atoms with Gasteiger partial charge in [-0.25, -0.2) is 9.97 Å². The zero-order chi connectivity index (χ0) is 10.7. The Bertz CT molecular complexity index is 334. The molecule has 3 nitrogen and oxygen atoms in total. The van der Waals surface area contributed by atoms with Crippen LogP contribution in [0.25, 0.3) is 0 Å². The molecule has 82 valence electrons. The van der Waals surface area contributed by atoms with Gasteiger partial charge in [0.05, 0.1) is 4.47 Å². The molecule has 0 atom stereocenters. The normalized spacial score (nSPS) is 19.1. The Kier molecular flexibility index (Phi) is 3.24. The highest BCUT2D eigenvalue weighted by atomic mass is 79.9. The fourth-order valence-electron chi connectivity index (χ4n) is 2.15. The lowest BCUT2D eigenvalue weighted by Gasteiger charge is -2.24. The Morgan fingerprint density at radius 1 is 1.47 bits per heavy atom. The second kappa shape index (κ2) is 4.47. The highest BCUT2D eigenvalue weighted by molar-refractivity contribution is 9.10. The number of anilines is 1. The first-order valence-corrected chi connectivity index (χ1v) is 6.18. The molecule has 4 heteroatoms. The van der Waals surface area contributed by atoms with Crippen molar-refractivity contribution in [3.63, 3.8) is 0 Å².